The normalized spacial score (nSPS) is 35.8. The summed E-state index contributed by atoms with van der Waals surface area (Å²) in [7, 11) is 2.13. The fraction of sp³-hybridized carbons (Fsp3) is 0.588. The number of benzene rings is 1. The van der Waals surface area contributed by atoms with Crippen LogP contribution in [0.25, 0.3) is 0 Å². The van der Waals surface area contributed by atoms with Gasteiger partial charge in [0.1, 0.15) is 24.2 Å². The molecule has 6 heteroatoms. The van der Waals surface area contributed by atoms with Crippen LogP contribution in [0.4, 0.5) is 0 Å². The Morgan fingerprint density at radius 1 is 1.30 bits per heavy atom. The van der Waals surface area contributed by atoms with Crippen LogP contribution in [0.1, 0.15) is 24.3 Å². The van der Waals surface area contributed by atoms with Crippen molar-refractivity contribution in [1.82, 2.24) is 4.90 Å². The summed E-state index contributed by atoms with van der Waals surface area (Å²) in [6.07, 6.45) is 2.26. The molecule has 3 fully saturated rings. The van der Waals surface area contributed by atoms with E-state index in [-0.39, 0.29) is 31.1 Å². The zero-order valence-electron chi connectivity index (χ0n) is 13.0. The minimum atomic E-state index is -0.593. The van der Waals surface area contributed by atoms with Crippen LogP contribution in [-0.4, -0.2) is 60.0 Å². The number of halogens is 1. The molecule has 0 saturated carbocycles. The van der Waals surface area contributed by atoms with Crippen molar-refractivity contribution in [3.05, 3.63) is 35.9 Å². The van der Waals surface area contributed by atoms with Gasteiger partial charge in [0.05, 0.1) is 6.61 Å². The molecule has 3 heterocycles. The number of piperidine rings is 1. The predicted molar refractivity (Wildman–Crippen MR) is 79.4 cm³/mol. The molecule has 3 saturated heterocycles. The second-order valence-electron chi connectivity index (χ2n) is 6.54. The molecule has 5 nitrogen and oxygen atoms in total. The number of ether oxygens (including phenoxy) is 2. The third-order valence-electron chi connectivity index (χ3n) is 5.33. The monoisotopic (exact) mass is 338 g/mol. The third-order valence-corrected chi connectivity index (χ3v) is 5.33. The Balaban J connectivity index is 0.00000156. The number of likely N-dealkylation sites (N-methyl/N-ethyl adjacent to an activating group) is 1. The first-order valence-electron chi connectivity index (χ1n) is 7.92. The number of morpholine rings is 1. The zero-order valence-corrected chi connectivity index (χ0v) is 13.7. The standard InChI is InChI=1S/C17H21NO4.ClH/c1-18-13-7-11(8-14(18)16-15(13)22-16)21-17(20)12(9-19)10-5-3-2-4-6-10;/h2-6,11-16,19H,7-9H2,1H3;1H/p-1/t11?,12-,13-,14+,15-,16+;/m1./s1. The quantitative estimate of drug-likeness (QED) is 0.504. The van der Waals surface area contributed by atoms with Crippen molar-refractivity contribution >= 4 is 5.97 Å². The SMILES string of the molecule is CN1[C@@H]2CC(OC(=O)[C@H](CO)c3ccccc3)C[C@H]1[C@@H]1O[C@@H]12.[Cl-]. The molecule has 126 valence electrons. The number of carbonyl (C=O) groups is 1. The minimum Gasteiger partial charge on any atom is -1.00 e. The first kappa shape index (κ1) is 16.7. The number of fused-ring (bicyclic) bond motifs is 5. The largest absolute Gasteiger partial charge is 1.00 e. The molecular weight excluding hydrogens is 318 g/mol. The van der Waals surface area contributed by atoms with Gasteiger partial charge >= 0.3 is 5.97 Å². The van der Waals surface area contributed by atoms with Crippen LogP contribution in [0.15, 0.2) is 30.3 Å². The van der Waals surface area contributed by atoms with E-state index in [2.05, 4.69) is 11.9 Å². The summed E-state index contributed by atoms with van der Waals surface area (Å²) in [5.41, 5.74) is 0.803. The summed E-state index contributed by atoms with van der Waals surface area (Å²) in [4.78, 5) is 14.8. The maximum Gasteiger partial charge on any atom is 0.316 e. The van der Waals surface area contributed by atoms with Crippen LogP contribution in [0.3, 0.4) is 0 Å². The molecule has 0 amide bonds. The molecule has 0 spiro atoms. The molecule has 3 aliphatic heterocycles. The van der Waals surface area contributed by atoms with Crippen molar-refractivity contribution in [3.63, 3.8) is 0 Å². The van der Waals surface area contributed by atoms with Crippen LogP contribution in [0.5, 0.6) is 0 Å². The van der Waals surface area contributed by atoms with Crippen LogP contribution in [0, 0.1) is 0 Å². The highest BCUT2D eigenvalue weighted by molar-refractivity contribution is 5.78. The average molecular weight is 339 g/mol. The second kappa shape index (κ2) is 6.40. The van der Waals surface area contributed by atoms with E-state index < -0.39 is 5.92 Å². The fourth-order valence-electron chi connectivity index (χ4n) is 4.04. The molecule has 1 N–H and O–H groups in total. The lowest BCUT2D eigenvalue weighted by atomic mass is 9.97. The molecule has 6 atom stereocenters. The van der Waals surface area contributed by atoms with Crippen molar-refractivity contribution in [2.24, 2.45) is 0 Å². The molecule has 1 aromatic carbocycles. The molecule has 3 aliphatic rings. The molecule has 4 rings (SSSR count). The van der Waals surface area contributed by atoms with Gasteiger partial charge in [-0.05, 0) is 12.6 Å². The van der Waals surface area contributed by atoms with Gasteiger partial charge in [0, 0.05) is 24.9 Å². The summed E-state index contributed by atoms with van der Waals surface area (Å²) in [6, 6.07) is 10.1. The van der Waals surface area contributed by atoms with Crippen LogP contribution in [-0.2, 0) is 14.3 Å². The van der Waals surface area contributed by atoms with E-state index in [9.17, 15) is 9.90 Å². The summed E-state index contributed by atoms with van der Waals surface area (Å²) in [5.74, 6) is -0.915. The Kier molecular flexibility index (Phi) is 4.65. The second-order valence-corrected chi connectivity index (χ2v) is 6.54. The summed E-state index contributed by atoms with van der Waals surface area (Å²) in [6.45, 7) is -0.226. The van der Waals surface area contributed by atoms with Gasteiger partial charge in [0.25, 0.3) is 0 Å². The molecule has 0 radical (unpaired) electrons. The van der Waals surface area contributed by atoms with E-state index in [1.54, 1.807) is 0 Å². The van der Waals surface area contributed by atoms with Gasteiger partial charge < -0.3 is 27.0 Å². The van der Waals surface area contributed by atoms with Crippen LogP contribution in [0.2, 0.25) is 0 Å². The molecule has 0 aliphatic carbocycles. The number of esters is 1. The molecule has 2 bridgehead atoms. The van der Waals surface area contributed by atoms with E-state index in [4.69, 9.17) is 9.47 Å². The Morgan fingerprint density at radius 2 is 1.91 bits per heavy atom. The van der Waals surface area contributed by atoms with Crippen molar-refractivity contribution in [1.29, 1.82) is 0 Å². The minimum absolute atomic E-state index is 0. The topological polar surface area (TPSA) is 62.3 Å². The molecule has 1 aromatic rings. The van der Waals surface area contributed by atoms with Gasteiger partial charge in [0.2, 0.25) is 0 Å². The fourth-order valence-corrected chi connectivity index (χ4v) is 4.04. The molecular formula is C17H21ClNO4-. The van der Waals surface area contributed by atoms with Gasteiger partial charge in [-0.1, -0.05) is 30.3 Å². The van der Waals surface area contributed by atoms with Crippen molar-refractivity contribution in [3.8, 4) is 0 Å². The number of epoxide rings is 1. The predicted octanol–water partition coefficient (Wildman–Crippen LogP) is -2.08. The maximum atomic E-state index is 12.4. The van der Waals surface area contributed by atoms with E-state index in [0.29, 0.717) is 24.3 Å². The summed E-state index contributed by atoms with van der Waals surface area (Å²) >= 11 is 0. The third kappa shape index (κ3) is 2.87. The number of aliphatic hydroxyl groups is 1. The molecule has 1 unspecified atom stereocenters. The number of hydrogen-bond acceptors (Lipinski definition) is 5. The average Bonchev–Trinajstić information content (AvgIpc) is 3.27. The highest BCUT2D eigenvalue weighted by Gasteiger charge is 2.62. The van der Waals surface area contributed by atoms with Gasteiger partial charge in [-0.2, -0.15) is 0 Å². The van der Waals surface area contributed by atoms with Crippen molar-refractivity contribution in [2.75, 3.05) is 13.7 Å². The first-order chi connectivity index (χ1) is 10.7. The lowest BCUT2D eigenvalue weighted by Crippen LogP contribution is -3.00. The van der Waals surface area contributed by atoms with Crippen molar-refractivity contribution < 1.29 is 31.8 Å². The van der Waals surface area contributed by atoms with E-state index in [1.165, 1.54) is 0 Å². The molecule has 0 aromatic heterocycles. The molecule has 23 heavy (non-hydrogen) atoms. The Morgan fingerprint density at radius 3 is 2.48 bits per heavy atom. The van der Waals surface area contributed by atoms with Crippen molar-refractivity contribution in [2.45, 2.75) is 49.2 Å². The lowest BCUT2D eigenvalue weighted by Gasteiger charge is -2.38. The first-order valence-corrected chi connectivity index (χ1v) is 7.92. The number of hydrogen-bond donors (Lipinski definition) is 1. The zero-order chi connectivity index (χ0) is 15.3. The summed E-state index contributed by atoms with van der Waals surface area (Å²) < 4.78 is 11.4. The van der Waals surface area contributed by atoms with E-state index >= 15 is 0 Å². The van der Waals surface area contributed by atoms with Gasteiger partial charge in [-0.3, -0.25) is 9.69 Å². The number of carbonyl (C=O) groups excluding carboxylic acids is 1. The van der Waals surface area contributed by atoms with Gasteiger partial charge in [-0.25, -0.2) is 0 Å². The van der Waals surface area contributed by atoms with Crippen LogP contribution < -0.4 is 12.4 Å². The van der Waals surface area contributed by atoms with Crippen LogP contribution >= 0.6 is 0 Å². The summed E-state index contributed by atoms with van der Waals surface area (Å²) in [5, 5.41) is 9.56. The number of rotatable bonds is 4. The van der Waals surface area contributed by atoms with E-state index in [1.807, 2.05) is 30.3 Å². The van der Waals surface area contributed by atoms with Gasteiger partial charge in [-0.15, -0.1) is 0 Å². The Bertz CT molecular complexity index is 551. The Hall–Kier alpha value is -1.14. The number of aliphatic hydroxyl groups excluding tert-OH is 1. The van der Waals surface area contributed by atoms with Gasteiger partial charge in [0.15, 0.2) is 0 Å². The smallest absolute Gasteiger partial charge is 0.316 e. The maximum absolute atomic E-state index is 12.4. The highest BCUT2D eigenvalue weighted by Crippen LogP contribution is 2.48. The highest BCUT2D eigenvalue weighted by atomic mass is 35.5. The Labute approximate surface area is 142 Å². The number of nitrogens with zero attached hydrogens (tertiary/aromatic N) is 1. The lowest BCUT2D eigenvalue weighted by molar-refractivity contribution is -0.156. The van der Waals surface area contributed by atoms with E-state index in [0.717, 1.165) is 18.4 Å².